The van der Waals surface area contributed by atoms with Crippen molar-refractivity contribution in [2.24, 2.45) is 0 Å². The van der Waals surface area contributed by atoms with Gasteiger partial charge in [0, 0.05) is 5.69 Å². The number of carbonyl (C=O) groups excluding carboxylic acids is 2. The van der Waals surface area contributed by atoms with E-state index in [0.29, 0.717) is 11.4 Å². The minimum atomic E-state index is -0.801. The molecule has 1 N–H and O–H groups in total. The number of aryl methyl sites for hydroxylation is 1. The number of hydrogen-bond acceptors (Lipinski definition) is 4. The van der Waals surface area contributed by atoms with Gasteiger partial charge >= 0.3 is 12.2 Å². The zero-order valence-electron chi connectivity index (χ0n) is 12.3. The van der Waals surface area contributed by atoms with Crippen molar-refractivity contribution in [3.8, 4) is 0 Å². The van der Waals surface area contributed by atoms with Crippen LogP contribution in [0.25, 0.3) is 0 Å². The molecule has 2 aromatic carbocycles. The van der Waals surface area contributed by atoms with E-state index in [1.165, 1.54) is 7.11 Å². The molecule has 0 atom stereocenters. The summed E-state index contributed by atoms with van der Waals surface area (Å²) in [6.07, 6.45) is -1.59. The summed E-state index contributed by atoms with van der Waals surface area (Å²) in [4.78, 5) is 28.7. The number of carbonyl (C=O) groups is 2. The second-order valence-electron chi connectivity index (χ2n) is 4.47. The SMILES string of the molecule is COC(=O)N(OC(=O)Nc1ccc(C)cc1)c1ccccc1. The molecular formula is C16H16N2O4. The lowest BCUT2D eigenvalue weighted by atomic mass is 10.2. The van der Waals surface area contributed by atoms with Gasteiger partial charge in [-0.3, -0.25) is 5.32 Å². The second-order valence-corrected chi connectivity index (χ2v) is 4.47. The van der Waals surface area contributed by atoms with Gasteiger partial charge in [-0.15, -0.1) is 5.06 Å². The van der Waals surface area contributed by atoms with Gasteiger partial charge < -0.3 is 9.57 Å². The van der Waals surface area contributed by atoms with Crippen LogP contribution in [0.3, 0.4) is 0 Å². The molecule has 0 fully saturated rings. The van der Waals surface area contributed by atoms with Crippen LogP contribution in [-0.2, 0) is 9.57 Å². The highest BCUT2D eigenvalue weighted by atomic mass is 16.8. The van der Waals surface area contributed by atoms with Crippen molar-refractivity contribution in [1.29, 1.82) is 0 Å². The molecule has 6 nitrogen and oxygen atoms in total. The number of hydrogen-bond donors (Lipinski definition) is 1. The van der Waals surface area contributed by atoms with Crippen LogP contribution < -0.4 is 10.4 Å². The summed E-state index contributed by atoms with van der Waals surface area (Å²) in [5, 5.41) is 3.32. The van der Waals surface area contributed by atoms with E-state index < -0.39 is 12.2 Å². The average Bonchev–Trinajstić information content (AvgIpc) is 2.55. The van der Waals surface area contributed by atoms with Gasteiger partial charge in [-0.05, 0) is 31.2 Å². The first-order chi connectivity index (χ1) is 10.6. The van der Waals surface area contributed by atoms with E-state index in [1.54, 1.807) is 42.5 Å². The molecule has 2 amide bonds. The molecule has 2 aromatic rings. The maximum atomic E-state index is 11.9. The van der Waals surface area contributed by atoms with Crippen LogP contribution in [0, 0.1) is 6.92 Å². The highest BCUT2D eigenvalue weighted by molar-refractivity contribution is 5.91. The number of para-hydroxylation sites is 1. The predicted octanol–water partition coefficient (Wildman–Crippen LogP) is 3.73. The lowest BCUT2D eigenvalue weighted by molar-refractivity contribution is 0.117. The Kier molecular flexibility index (Phi) is 4.98. The average molecular weight is 300 g/mol. The number of amides is 2. The summed E-state index contributed by atoms with van der Waals surface area (Å²) in [5.41, 5.74) is 2.02. The van der Waals surface area contributed by atoms with Crippen molar-refractivity contribution in [3.05, 3.63) is 60.2 Å². The van der Waals surface area contributed by atoms with Crippen molar-refractivity contribution < 1.29 is 19.2 Å². The number of rotatable bonds is 2. The number of methoxy groups -OCH3 is 1. The van der Waals surface area contributed by atoms with Gasteiger partial charge in [-0.25, -0.2) is 9.59 Å². The third-order valence-electron chi connectivity index (χ3n) is 2.80. The molecule has 0 spiro atoms. The van der Waals surface area contributed by atoms with Gasteiger partial charge in [0.15, 0.2) is 0 Å². The number of nitrogens with zero attached hydrogens (tertiary/aromatic N) is 1. The fourth-order valence-electron chi connectivity index (χ4n) is 1.70. The fourth-order valence-corrected chi connectivity index (χ4v) is 1.70. The van der Waals surface area contributed by atoms with Crippen molar-refractivity contribution in [1.82, 2.24) is 0 Å². The first-order valence-corrected chi connectivity index (χ1v) is 6.59. The van der Waals surface area contributed by atoms with Gasteiger partial charge in [0.1, 0.15) is 0 Å². The van der Waals surface area contributed by atoms with E-state index in [4.69, 9.17) is 4.84 Å². The topological polar surface area (TPSA) is 67.9 Å². The molecule has 0 bridgehead atoms. The first kappa shape index (κ1) is 15.4. The minimum absolute atomic E-state index is 0.383. The molecule has 6 heteroatoms. The molecule has 0 saturated heterocycles. The Hall–Kier alpha value is -3.02. The molecule has 0 aliphatic heterocycles. The second kappa shape index (κ2) is 7.12. The van der Waals surface area contributed by atoms with Gasteiger partial charge in [0.25, 0.3) is 0 Å². The van der Waals surface area contributed by atoms with Crippen LogP contribution in [0.15, 0.2) is 54.6 Å². The Bertz CT molecular complexity index is 641. The van der Waals surface area contributed by atoms with Gasteiger partial charge in [-0.1, -0.05) is 35.9 Å². The lowest BCUT2D eigenvalue weighted by Gasteiger charge is -2.19. The van der Waals surface area contributed by atoms with E-state index in [-0.39, 0.29) is 0 Å². The Morgan fingerprint density at radius 3 is 2.23 bits per heavy atom. The maximum Gasteiger partial charge on any atom is 0.448 e. The summed E-state index contributed by atoms with van der Waals surface area (Å²) in [6, 6.07) is 15.6. The normalized spacial score (nSPS) is 9.73. The quantitative estimate of drug-likeness (QED) is 0.858. The maximum absolute atomic E-state index is 11.9. The summed E-state index contributed by atoms with van der Waals surface area (Å²) in [6.45, 7) is 1.94. The third kappa shape index (κ3) is 3.99. The fraction of sp³-hybridized carbons (Fsp3) is 0.125. The molecule has 0 aromatic heterocycles. The standard InChI is InChI=1S/C16H16N2O4/c1-12-8-10-13(11-9-12)17-15(19)22-18(16(20)21-2)14-6-4-3-5-7-14/h3-11H,1-2H3,(H,17,19). The highest BCUT2D eigenvalue weighted by Gasteiger charge is 2.21. The van der Waals surface area contributed by atoms with Gasteiger partial charge in [0.2, 0.25) is 0 Å². The Morgan fingerprint density at radius 1 is 1.00 bits per heavy atom. The largest absolute Gasteiger partial charge is 0.450 e. The summed E-state index contributed by atoms with van der Waals surface area (Å²) in [7, 11) is 1.21. The predicted molar refractivity (Wildman–Crippen MR) is 82.6 cm³/mol. The molecular weight excluding hydrogens is 284 g/mol. The van der Waals surface area contributed by atoms with E-state index in [0.717, 1.165) is 10.6 Å². The molecule has 114 valence electrons. The summed E-state index contributed by atoms with van der Waals surface area (Å²) >= 11 is 0. The molecule has 0 radical (unpaired) electrons. The molecule has 0 heterocycles. The molecule has 22 heavy (non-hydrogen) atoms. The van der Waals surface area contributed by atoms with E-state index in [1.807, 2.05) is 19.1 Å². The first-order valence-electron chi connectivity index (χ1n) is 6.59. The van der Waals surface area contributed by atoms with Gasteiger partial charge in [-0.2, -0.15) is 0 Å². The zero-order chi connectivity index (χ0) is 15.9. The number of nitrogens with one attached hydrogen (secondary N) is 1. The van der Waals surface area contributed by atoms with Crippen molar-refractivity contribution in [2.45, 2.75) is 6.92 Å². The Morgan fingerprint density at radius 2 is 1.64 bits per heavy atom. The molecule has 0 saturated carbocycles. The van der Waals surface area contributed by atoms with Crippen molar-refractivity contribution >= 4 is 23.6 Å². The van der Waals surface area contributed by atoms with E-state index in [2.05, 4.69) is 10.1 Å². The summed E-state index contributed by atoms with van der Waals surface area (Å²) in [5.74, 6) is 0. The number of ether oxygens (including phenoxy) is 1. The molecule has 0 unspecified atom stereocenters. The van der Waals surface area contributed by atoms with Gasteiger partial charge in [0.05, 0.1) is 12.8 Å². The van der Waals surface area contributed by atoms with Crippen molar-refractivity contribution in [2.75, 3.05) is 17.5 Å². The van der Waals surface area contributed by atoms with Crippen LogP contribution in [0.4, 0.5) is 21.0 Å². The van der Waals surface area contributed by atoms with Crippen LogP contribution in [0.2, 0.25) is 0 Å². The number of hydroxylamine groups is 1. The lowest BCUT2D eigenvalue weighted by Crippen LogP contribution is -2.35. The Balaban J connectivity index is 2.08. The number of benzene rings is 2. The minimum Gasteiger partial charge on any atom is -0.450 e. The van der Waals surface area contributed by atoms with Crippen molar-refractivity contribution in [3.63, 3.8) is 0 Å². The smallest absolute Gasteiger partial charge is 0.448 e. The van der Waals surface area contributed by atoms with Crippen LogP contribution in [0.1, 0.15) is 5.56 Å². The number of anilines is 2. The molecule has 0 aliphatic rings. The molecule has 2 rings (SSSR count). The van der Waals surface area contributed by atoms with Crippen LogP contribution in [0.5, 0.6) is 0 Å². The molecule has 0 aliphatic carbocycles. The Labute approximate surface area is 128 Å². The van der Waals surface area contributed by atoms with E-state index in [9.17, 15) is 9.59 Å². The summed E-state index contributed by atoms with van der Waals surface area (Å²) < 4.78 is 4.62. The highest BCUT2D eigenvalue weighted by Crippen LogP contribution is 2.16. The van der Waals surface area contributed by atoms with E-state index >= 15 is 0 Å². The van der Waals surface area contributed by atoms with Crippen LogP contribution in [-0.4, -0.2) is 19.3 Å². The third-order valence-corrected chi connectivity index (χ3v) is 2.80. The monoisotopic (exact) mass is 300 g/mol. The van der Waals surface area contributed by atoms with Crippen LogP contribution >= 0.6 is 0 Å². The zero-order valence-corrected chi connectivity index (χ0v) is 12.3.